The molecule has 1 aromatic carbocycles. The third-order valence-electron chi connectivity index (χ3n) is 4.07. The minimum Gasteiger partial charge on any atom is -0.479 e. The standard InChI is InChI=1S/C19H16FN3O5/c1-12-16(10-21-22(12)2)18(24)8-6-14-4-5-15(28-14)11-27-19-9-13(20)3-7-17(19)23(25)26/h3-10H,11H2,1-2H3/b8-6+. The minimum atomic E-state index is -0.656. The number of carbonyl (C=O) groups is 1. The molecule has 28 heavy (non-hydrogen) atoms. The lowest BCUT2D eigenvalue weighted by Crippen LogP contribution is -1.99. The first-order valence-corrected chi connectivity index (χ1v) is 8.21. The highest BCUT2D eigenvalue weighted by atomic mass is 19.1. The van der Waals surface area contributed by atoms with Gasteiger partial charge in [-0.1, -0.05) is 0 Å². The van der Waals surface area contributed by atoms with E-state index in [1.54, 1.807) is 30.8 Å². The summed E-state index contributed by atoms with van der Waals surface area (Å²) in [6.45, 7) is 1.66. The number of benzene rings is 1. The Kier molecular flexibility index (Phi) is 5.35. The van der Waals surface area contributed by atoms with Crippen LogP contribution in [-0.2, 0) is 13.7 Å². The van der Waals surface area contributed by atoms with Crippen LogP contribution in [0.1, 0.15) is 27.6 Å². The van der Waals surface area contributed by atoms with Gasteiger partial charge in [-0.3, -0.25) is 19.6 Å². The summed E-state index contributed by atoms with van der Waals surface area (Å²) < 4.78 is 25.7. The number of aryl methyl sites for hydroxylation is 1. The zero-order valence-electron chi connectivity index (χ0n) is 15.1. The smallest absolute Gasteiger partial charge is 0.311 e. The van der Waals surface area contributed by atoms with Crippen LogP contribution < -0.4 is 4.74 Å². The van der Waals surface area contributed by atoms with Crippen molar-refractivity contribution in [3.8, 4) is 5.75 Å². The Morgan fingerprint density at radius 1 is 1.39 bits per heavy atom. The number of ketones is 1. The van der Waals surface area contributed by atoms with Gasteiger partial charge < -0.3 is 9.15 Å². The minimum absolute atomic E-state index is 0.131. The monoisotopic (exact) mass is 385 g/mol. The van der Waals surface area contributed by atoms with Crippen molar-refractivity contribution in [3.05, 3.63) is 81.3 Å². The number of hydrogen-bond acceptors (Lipinski definition) is 6. The molecule has 9 heteroatoms. The molecule has 0 unspecified atom stereocenters. The number of allylic oxidation sites excluding steroid dienone is 1. The Labute approximate surface area is 159 Å². The molecular formula is C19H16FN3O5. The van der Waals surface area contributed by atoms with Gasteiger partial charge in [-0.05, 0) is 37.3 Å². The average molecular weight is 385 g/mol. The molecular weight excluding hydrogens is 369 g/mol. The lowest BCUT2D eigenvalue weighted by atomic mass is 10.1. The number of carbonyl (C=O) groups excluding carboxylic acids is 1. The second-order valence-corrected chi connectivity index (χ2v) is 5.93. The van der Waals surface area contributed by atoms with Gasteiger partial charge in [0.2, 0.25) is 0 Å². The van der Waals surface area contributed by atoms with Gasteiger partial charge in [0, 0.05) is 24.9 Å². The van der Waals surface area contributed by atoms with Gasteiger partial charge in [-0.15, -0.1) is 0 Å². The Morgan fingerprint density at radius 3 is 2.86 bits per heavy atom. The summed E-state index contributed by atoms with van der Waals surface area (Å²) in [5, 5.41) is 15.0. The maximum Gasteiger partial charge on any atom is 0.311 e. The van der Waals surface area contributed by atoms with Gasteiger partial charge in [-0.25, -0.2) is 4.39 Å². The molecule has 0 aliphatic carbocycles. The molecule has 0 N–H and O–H groups in total. The quantitative estimate of drug-likeness (QED) is 0.265. The number of rotatable bonds is 7. The second-order valence-electron chi connectivity index (χ2n) is 5.93. The van der Waals surface area contributed by atoms with Crippen LogP contribution in [0.2, 0.25) is 0 Å². The van der Waals surface area contributed by atoms with E-state index in [-0.39, 0.29) is 23.8 Å². The molecule has 0 fully saturated rings. The lowest BCUT2D eigenvalue weighted by molar-refractivity contribution is -0.386. The Bertz CT molecular complexity index is 1070. The van der Waals surface area contributed by atoms with E-state index in [2.05, 4.69) is 5.10 Å². The summed E-state index contributed by atoms with van der Waals surface area (Å²) in [5.74, 6) is -0.283. The molecule has 144 valence electrons. The van der Waals surface area contributed by atoms with Crippen LogP contribution >= 0.6 is 0 Å². The molecule has 8 nitrogen and oxygen atoms in total. The summed E-state index contributed by atoms with van der Waals surface area (Å²) >= 11 is 0. The third kappa shape index (κ3) is 4.14. The van der Waals surface area contributed by atoms with Crippen LogP contribution in [0.25, 0.3) is 6.08 Å². The maximum atomic E-state index is 13.3. The van der Waals surface area contributed by atoms with Crippen LogP contribution in [0.15, 0.2) is 47.0 Å². The van der Waals surface area contributed by atoms with Crippen molar-refractivity contribution in [3.63, 3.8) is 0 Å². The molecule has 0 aliphatic heterocycles. The van der Waals surface area contributed by atoms with E-state index in [9.17, 15) is 19.3 Å². The molecule has 0 saturated carbocycles. The number of halogens is 1. The van der Waals surface area contributed by atoms with Crippen LogP contribution in [0, 0.1) is 22.9 Å². The number of nitro benzene ring substituents is 1. The number of nitro groups is 1. The summed E-state index contributed by atoms with van der Waals surface area (Å²) in [4.78, 5) is 22.5. The molecule has 3 rings (SSSR count). The number of furan rings is 1. The maximum absolute atomic E-state index is 13.3. The zero-order chi connectivity index (χ0) is 20.3. The van der Waals surface area contributed by atoms with Crippen LogP contribution in [0.4, 0.5) is 10.1 Å². The van der Waals surface area contributed by atoms with E-state index in [4.69, 9.17) is 9.15 Å². The Morgan fingerprint density at radius 2 is 2.18 bits per heavy atom. The normalized spacial score (nSPS) is 11.1. The van der Waals surface area contributed by atoms with Gasteiger partial charge in [0.05, 0.1) is 16.7 Å². The number of aromatic nitrogens is 2. The van der Waals surface area contributed by atoms with Gasteiger partial charge in [0.1, 0.15) is 23.9 Å². The highest BCUT2D eigenvalue weighted by molar-refractivity contribution is 6.07. The molecule has 0 spiro atoms. The van der Waals surface area contributed by atoms with E-state index in [1.165, 1.54) is 18.3 Å². The van der Waals surface area contributed by atoms with Crippen molar-refractivity contribution in [2.45, 2.75) is 13.5 Å². The van der Waals surface area contributed by atoms with Gasteiger partial charge in [0.25, 0.3) is 0 Å². The molecule has 0 amide bonds. The fourth-order valence-electron chi connectivity index (χ4n) is 2.45. The van der Waals surface area contributed by atoms with Crippen molar-refractivity contribution < 1.29 is 23.3 Å². The largest absolute Gasteiger partial charge is 0.479 e. The molecule has 0 bridgehead atoms. The van der Waals surface area contributed by atoms with Crippen molar-refractivity contribution in [1.29, 1.82) is 0 Å². The Balaban J connectivity index is 1.66. The van der Waals surface area contributed by atoms with E-state index in [0.717, 1.165) is 23.9 Å². The van der Waals surface area contributed by atoms with Crippen LogP contribution in [0.3, 0.4) is 0 Å². The van der Waals surface area contributed by atoms with Gasteiger partial charge in [0.15, 0.2) is 11.5 Å². The van der Waals surface area contributed by atoms with Gasteiger partial charge >= 0.3 is 5.69 Å². The van der Waals surface area contributed by atoms with Crippen molar-refractivity contribution in [2.24, 2.45) is 7.05 Å². The molecule has 2 aromatic heterocycles. The molecule has 2 heterocycles. The summed E-state index contributed by atoms with van der Waals surface area (Å²) in [6, 6.07) is 6.19. The highest BCUT2D eigenvalue weighted by Crippen LogP contribution is 2.28. The SMILES string of the molecule is Cc1c(C(=O)/C=C/c2ccc(COc3cc(F)ccc3[N+](=O)[O-])o2)cnn1C. The first-order chi connectivity index (χ1) is 13.3. The number of ether oxygens (including phenoxy) is 1. The topological polar surface area (TPSA) is 100 Å². The predicted molar refractivity (Wildman–Crippen MR) is 97.4 cm³/mol. The van der Waals surface area contributed by atoms with E-state index in [1.807, 2.05) is 0 Å². The van der Waals surface area contributed by atoms with Crippen LogP contribution in [0.5, 0.6) is 5.75 Å². The van der Waals surface area contributed by atoms with Crippen LogP contribution in [-0.4, -0.2) is 20.5 Å². The Hall–Kier alpha value is -3.75. The fourth-order valence-corrected chi connectivity index (χ4v) is 2.45. The first kappa shape index (κ1) is 19.0. The molecule has 0 aliphatic rings. The van der Waals surface area contributed by atoms with E-state index < -0.39 is 10.7 Å². The van der Waals surface area contributed by atoms with Crippen molar-refractivity contribution in [2.75, 3.05) is 0 Å². The van der Waals surface area contributed by atoms with E-state index >= 15 is 0 Å². The number of nitrogens with zero attached hydrogens (tertiary/aromatic N) is 3. The zero-order valence-corrected chi connectivity index (χ0v) is 15.1. The predicted octanol–water partition coefficient (Wildman–Crippen LogP) is 3.84. The fraction of sp³-hybridized carbons (Fsp3) is 0.158. The highest BCUT2D eigenvalue weighted by Gasteiger charge is 2.16. The van der Waals surface area contributed by atoms with Crippen molar-refractivity contribution in [1.82, 2.24) is 9.78 Å². The molecule has 0 saturated heterocycles. The summed E-state index contributed by atoms with van der Waals surface area (Å²) in [6.07, 6.45) is 4.36. The molecule has 0 radical (unpaired) electrons. The van der Waals surface area contributed by atoms with E-state index in [0.29, 0.717) is 17.1 Å². The second kappa shape index (κ2) is 7.87. The number of hydrogen-bond donors (Lipinski definition) is 0. The third-order valence-corrected chi connectivity index (χ3v) is 4.07. The first-order valence-electron chi connectivity index (χ1n) is 8.21. The van der Waals surface area contributed by atoms with Crippen molar-refractivity contribution >= 4 is 17.5 Å². The van der Waals surface area contributed by atoms with Gasteiger partial charge in [-0.2, -0.15) is 5.10 Å². The summed E-state index contributed by atoms with van der Waals surface area (Å²) in [7, 11) is 1.75. The molecule has 3 aromatic rings. The average Bonchev–Trinajstić information content (AvgIpc) is 3.25. The lowest BCUT2D eigenvalue weighted by Gasteiger charge is -2.05. The molecule has 0 atom stereocenters. The summed E-state index contributed by atoms with van der Waals surface area (Å²) in [5.41, 5.74) is 0.901.